The number of hydrogen-bond donors (Lipinski definition) is 9. The SMILES string of the molecule is CC(CO)(CO)CO.O=C(O)CS.O=C(O)CS.O=C(O)CS. The minimum atomic E-state index is -0.881. The first-order valence-electron chi connectivity index (χ1n) is 5.80. The summed E-state index contributed by atoms with van der Waals surface area (Å²) in [6.07, 6.45) is 0. The molecule has 0 heterocycles. The van der Waals surface area contributed by atoms with Gasteiger partial charge in [0.15, 0.2) is 0 Å². The van der Waals surface area contributed by atoms with Crippen molar-refractivity contribution >= 4 is 55.8 Å². The highest BCUT2D eigenvalue weighted by Gasteiger charge is 2.20. The van der Waals surface area contributed by atoms with Crippen LogP contribution < -0.4 is 0 Å². The molecule has 0 aliphatic heterocycles. The fourth-order valence-electron chi connectivity index (χ4n) is 0.150. The van der Waals surface area contributed by atoms with Gasteiger partial charge in [0.05, 0.1) is 37.1 Å². The lowest BCUT2D eigenvalue weighted by Gasteiger charge is -2.20. The number of hydrogen-bond acceptors (Lipinski definition) is 9. The Hall–Kier alpha value is -0.660. The highest BCUT2D eigenvalue weighted by molar-refractivity contribution is 7.81. The quantitative estimate of drug-likeness (QED) is 0.254. The van der Waals surface area contributed by atoms with Crippen LogP contribution in [-0.2, 0) is 14.4 Å². The Morgan fingerprint density at radius 2 is 0.826 bits per heavy atom. The van der Waals surface area contributed by atoms with E-state index in [1.807, 2.05) is 0 Å². The number of carbonyl (C=O) groups is 3. The van der Waals surface area contributed by atoms with Crippen molar-refractivity contribution in [1.29, 1.82) is 0 Å². The molecule has 0 spiro atoms. The molecule has 0 unspecified atom stereocenters. The van der Waals surface area contributed by atoms with Gasteiger partial charge in [-0.1, -0.05) is 6.92 Å². The van der Waals surface area contributed by atoms with Crippen molar-refractivity contribution < 1.29 is 45.0 Å². The van der Waals surface area contributed by atoms with Gasteiger partial charge < -0.3 is 30.6 Å². The van der Waals surface area contributed by atoms with E-state index in [2.05, 4.69) is 37.9 Å². The molecule has 0 aliphatic carbocycles. The fraction of sp³-hybridized carbons (Fsp3) is 0.727. The molecule has 0 fully saturated rings. The third-order valence-electron chi connectivity index (χ3n) is 1.55. The van der Waals surface area contributed by atoms with E-state index < -0.39 is 23.3 Å². The molecule has 0 saturated heterocycles. The Kier molecular flexibility index (Phi) is 28.1. The first-order valence-corrected chi connectivity index (χ1v) is 7.70. The minimum absolute atomic E-state index is 0.0833. The van der Waals surface area contributed by atoms with Gasteiger partial charge in [0.1, 0.15) is 0 Å². The number of carboxylic acids is 3. The van der Waals surface area contributed by atoms with Gasteiger partial charge in [0.2, 0.25) is 0 Å². The van der Waals surface area contributed by atoms with Gasteiger partial charge in [-0.25, -0.2) is 0 Å². The highest BCUT2D eigenvalue weighted by atomic mass is 32.1. The monoisotopic (exact) mass is 396 g/mol. The van der Waals surface area contributed by atoms with Gasteiger partial charge in [-0.05, 0) is 0 Å². The minimum Gasteiger partial charge on any atom is -0.481 e. The lowest BCUT2D eigenvalue weighted by Crippen LogP contribution is -2.29. The van der Waals surface area contributed by atoms with E-state index in [-0.39, 0.29) is 37.1 Å². The summed E-state index contributed by atoms with van der Waals surface area (Å²) in [7, 11) is 0. The molecule has 0 amide bonds. The van der Waals surface area contributed by atoms with Gasteiger partial charge in [-0.3, -0.25) is 14.4 Å². The van der Waals surface area contributed by atoms with Crippen LogP contribution in [0, 0.1) is 5.41 Å². The van der Waals surface area contributed by atoms with Crippen LogP contribution in [0.2, 0.25) is 0 Å². The summed E-state index contributed by atoms with van der Waals surface area (Å²) >= 11 is 10.2. The third kappa shape index (κ3) is 38.8. The van der Waals surface area contributed by atoms with E-state index >= 15 is 0 Å². The molecule has 0 bridgehead atoms. The number of rotatable bonds is 6. The predicted octanol–water partition coefficient (Wildman–Crippen LogP) is -1.03. The van der Waals surface area contributed by atoms with Crippen LogP contribution in [0.15, 0.2) is 0 Å². The first kappa shape index (κ1) is 30.2. The van der Waals surface area contributed by atoms with Crippen LogP contribution in [0.25, 0.3) is 0 Å². The molecule has 0 rings (SSSR count). The van der Waals surface area contributed by atoms with Crippen molar-refractivity contribution in [2.45, 2.75) is 6.92 Å². The maximum atomic E-state index is 9.29. The Morgan fingerprint density at radius 3 is 0.826 bits per heavy atom. The van der Waals surface area contributed by atoms with Crippen molar-refractivity contribution in [3.8, 4) is 0 Å². The molecule has 6 N–H and O–H groups in total. The summed E-state index contributed by atoms with van der Waals surface area (Å²) in [6, 6.07) is 0. The Bertz CT molecular complexity index is 268. The number of aliphatic carboxylic acids is 3. The summed E-state index contributed by atoms with van der Waals surface area (Å²) in [5.74, 6) is -2.89. The topological polar surface area (TPSA) is 173 Å². The average molecular weight is 397 g/mol. The average Bonchev–Trinajstić information content (AvgIpc) is 2.55. The van der Waals surface area contributed by atoms with Gasteiger partial charge in [-0.15, -0.1) is 0 Å². The van der Waals surface area contributed by atoms with E-state index in [1.165, 1.54) is 0 Å². The van der Waals surface area contributed by atoms with Crippen molar-refractivity contribution in [2.75, 3.05) is 37.1 Å². The standard InChI is InChI=1S/C5H12O3.3C2H4O2S/c1-5(2-6,3-7)4-8;3*3-2(4)1-5/h6-8H,2-4H2,1H3;3*5H,1H2,(H,3,4). The maximum absolute atomic E-state index is 9.29. The number of aliphatic hydroxyl groups excluding tert-OH is 3. The molecule has 9 nitrogen and oxygen atoms in total. The van der Waals surface area contributed by atoms with Crippen LogP contribution >= 0.6 is 37.9 Å². The largest absolute Gasteiger partial charge is 0.481 e. The van der Waals surface area contributed by atoms with Gasteiger partial charge >= 0.3 is 17.9 Å². The highest BCUT2D eigenvalue weighted by Crippen LogP contribution is 2.10. The Morgan fingerprint density at radius 1 is 0.696 bits per heavy atom. The molecular formula is C11H24O9S3. The van der Waals surface area contributed by atoms with Crippen LogP contribution in [0.5, 0.6) is 0 Å². The zero-order chi connectivity index (χ0) is 19.5. The van der Waals surface area contributed by atoms with E-state index in [1.54, 1.807) is 6.92 Å². The number of aliphatic hydroxyl groups is 3. The lowest BCUT2D eigenvalue weighted by molar-refractivity contribution is -0.134. The molecule has 12 heteroatoms. The molecule has 0 saturated carbocycles. The summed E-state index contributed by atoms with van der Waals surface area (Å²) in [4.78, 5) is 27.9. The van der Waals surface area contributed by atoms with Crippen LogP contribution in [-0.4, -0.2) is 85.6 Å². The molecule has 0 aromatic rings. The van der Waals surface area contributed by atoms with Crippen molar-refractivity contribution in [3.05, 3.63) is 0 Å². The third-order valence-corrected chi connectivity index (χ3v) is 2.36. The Labute approximate surface area is 150 Å². The van der Waals surface area contributed by atoms with Crippen molar-refractivity contribution in [1.82, 2.24) is 0 Å². The predicted molar refractivity (Wildman–Crippen MR) is 93.8 cm³/mol. The number of carboxylic acid groups (broad SMARTS) is 3. The second-order valence-corrected chi connectivity index (χ2v) is 4.89. The summed E-state index contributed by atoms with van der Waals surface area (Å²) in [5, 5.41) is 48.3. The molecule has 0 aromatic heterocycles. The van der Waals surface area contributed by atoms with E-state index in [4.69, 9.17) is 30.6 Å². The molecule has 0 atom stereocenters. The molecule has 0 aromatic carbocycles. The zero-order valence-corrected chi connectivity index (χ0v) is 15.2. The van der Waals surface area contributed by atoms with Crippen molar-refractivity contribution in [3.63, 3.8) is 0 Å². The molecule has 140 valence electrons. The van der Waals surface area contributed by atoms with Gasteiger partial charge in [0, 0.05) is 5.41 Å². The van der Waals surface area contributed by atoms with E-state index in [0.29, 0.717) is 0 Å². The van der Waals surface area contributed by atoms with Crippen LogP contribution in [0.4, 0.5) is 0 Å². The van der Waals surface area contributed by atoms with Crippen molar-refractivity contribution in [2.24, 2.45) is 5.41 Å². The number of thiol groups is 3. The molecule has 23 heavy (non-hydrogen) atoms. The van der Waals surface area contributed by atoms with Crippen LogP contribution in [0.3, 0.4) is 0 Å². The normalized spacial score (nSPS) is 9.00. The first-order chi connectivity index (χ1) is 10.5. The van der Waals surface area contributed by atoms with E-state index in [9.17, 15) is 14.4 Å². The lowest BCUT2D eigenvalue weighted by atomic mass is 9.95. The molecule has 0 aliphatic rings. The van der Waals surface area contributed by atoms with Gasteiger partial charge in [-0.2, -0.15) is 37.9 Å². The Balaban J connectivity index is -0.000000108. The summed E-state index contributed by atoms with van der Waals surface area (Å²) < 4.78 is 0. The second-order valence-electron chi connectivity index (χ2n) is 3.94. The molecule has 0 radical (unpaired) electrons. The second kappa shape index (κ2) is 21.3. The van der Waals surface area contributed by atoms with Gasteiger partial charge in [0.25, 0.3) is 0 Å². The zero-order valence-electron chi connectivity index (χ0n) is 12.5. The van der Waals surface area contributed by atoms with E-state index in [0.717, 1.165) is 0 Å². The maximum Gasteiger partial charge on any atom is 0.313 e. The van der Waals surface area contributed by atoms with Crippen LogP contribution in [0.1, 0.15) is 6.92 Å². The smallest absolute Gasteiger partial charge is 0.313 e. The summed E-state index contributed by atoms with van der Waals surface area (Å²) in [5.41, 5.74) is -0.708. The fourth-order valence-corrected chi connectivity index (χ4v) is 0.150. The summed E-state index contributed by atoms with van der Waals surface area (Å²) in [6.45, 7) is 1.06. The molecular weight excluding hydrogens is 372 g/mol.